The van der Waals surface area contributed by atoms with Gasteiger partial charge in [-0.05, 0) is 19.3 Å². The maximum atomic E-state index is 5.54. The van der Waals surface area contributed by atoms with Crippen molar-refractivity contribution in [1.82, 2.24) is 10.3 Å². The van der Waals surface area contributed by atoms with Crippen molar-refractivity contribution in [3.63, 3.8) is 0 Å². The summed E-state index contributed by atoms with van der Waals surface area (Å²) < 4.78 is 0. The third kappa shape index (κ3) is 4.00. The molecule has 1 aliphatic rings. The highest BCUT2D eigenvalue weighted by Crippen LogP contribution is 2.20. The Morgan fingerprint density at radius 3 is 2.44 bits per heavy atom. The van der Waals surface area contributed by atoms with Gasteiger partial charge < -0.3 is 4.90 Å². The second-order valence-corrected chi connectivity index (χ2v) is 4.61. The molecule has 0 unspecified atom stereocenters. The molecule has 0 aliphatic heterocycles. The Morgan fingerprint density at radius 1 is 1.31 bits per heavy atom. The Kier molecular flexibility index (Phi) is 6.23. The van der Waals surface area contributed by atoms with Gasteiger partial charge in [-0.25, -0.2) is 5.84 Å². The lowest BCUT2D eigenvalue weighted by Crippen LogP contribution is -2.47. The molecule has 16 heavy (non-hydrogen) atoms. The lowest BCUT2D eigenvalue weighted by Gasteiger charge is -2.29. The van der Waals surface area contributed by atoms with E-state index >= 15 is 0 Å². The molecule has 0 radical (unpaired) electrons. The fraction of sp³-hybridized carbons (Fsp3) is 0.917. The molecular weight excluding hydrogens is 200 g/mol. The maximum absolute atomic E-state index is 5.54. The summed E-state index contributed by atoms with van der Waals surface area (Å²) in [5.41, 5.74) is 2.73. The average Bonchev–Trinajstić information content (AvgIpc) is 2.58. The van der Waals surface area contributed by atoms with E-state index < -0.39 is 0 Å². The second kappa shape index (κ2) is 7.49. The van der Waals surface area contributed by atoms with Crippen LogP contribution in [-0.4, -0.2) is 30.5 Å². The number of nitrogens with one attached hydrogen (secondary N) is 1. The van der Waals surface area contributed by atoms with Crippen LogP contribution in [-0.2, 0) is 0 Å². The Labute approximate surface area is 99.3 Å². The SMILES string of the molecule is CCCN=C(NN)N(C)C1CCCCCC1. The Morgan fingerprint density at radius 2 is 1.94 bits per heavy atom. The van der Waals surface area contributed by atoms with E-state index in [0.717, 1.165) is 18.9 Å². The van der Waals surface area contributed by atoms with E-state index in [2.05, 4.69) is 29.3 Å². The molecule has 0 bridgehead atoms. The summed E-state index contributed by atoms with van der Waals surface area (Å²) in [5.74, 6) is 6.38. The van der Waals surface area contributed by atoms with Gasteiger partial charge in [0.25, 0.3) is 0 Å². The Hall–Kier alpha value is -0.770. The van der Waals surface area contributed by atoms with E-state index in [1.54, 1.807) is 0 Å². The van der Waals surface area contributed by atoms with Crippen LogP contribution < -0.4 is 11.3 Å². The summed E-state index contributed by atoms with van der Waals surface area (Å²) in [6.07, 6.45) is 9.02. The monoisotopic (exact) mass is 226 g/mol. The van der Waals surface area contributed by atoms with Crippen LogP contribution in [0.2, 0.25) is 0 Å². The highest BCUT2D eigenvalue weighted by molar-refractivity contribution is 5.79. The van der Waals surface area contributed by atoms with Gasteiger partial charge in [-0.15, -0.1) is 0 Å². The van der Waals surface area contributed by atoms with Crippen LogP contribution in [0.4, 0.5) is 0 Å². The van der Waals surface area contributed by atoms with Crippen molar-refractivity contribution in [3.05, 3.63) is 0 Å². The number of hydrogen-bond donors (Lipinski definition) is 2. The molecule has 3 N–H and O–H groups in total. The Bertz CT molecular complexity index is 207. The quantitative estimate of drug-likeness (QED) is 0.254. The highest BCUT2D eigenvalue weighted by Gasteiger charge is 2.19. The third-order valence-electron chi connectivity index (χ3n) is 3.32. The molecule has 0 aromatic heterocycles. The number of hydrazine groups is 1. The molecule has 0 atom stereocenters. The topological polar surface area (TPSA) is 53.6 Å². The molecule has 0 aromatic rings. The minimum Gasteiger partial charge on any atom is -0.342 e. The molecule has 94 valence electrons. The number of nitrogens with two attached hydrogens (primary N) is 1. The maximum Gasteiger partial charge on any atom is 0.208 e. The fourth-order valence-corrected chi connectivity index (χ4v) is 2.29. The van der Waals surface area contributed by atoms with E-state index in [0.29, 0.717) is 6.04 Å². The van der Waals surface area contributed by atoms with Crippen LogP contribution >= 0.6 is 0 Å². The fourth-order valence-electron chi connectivity index (χ4n) is 2.29. The van der Waals surface area contributed by atoms with E-state index in [1.165, 1.54) is 38.5 Å². The molecule has 0 amide bonds. The first-order valence-electron chi connectivity index (χ1n) is 6.53. The largest absolute Gasteiger partial charge is 0.342 e. The third-order valence-corrected chi connectivity index (χ3v) is 3.32. The number of hydrogen-bond acceptors (Lipinski definition) is 2. The van der Waals surface area contributed by atoms with Crippen molar-refractivity contribution in [2.24, 2.45) is 10.8 Å². The van der Waals surface area contributed by atoms with Crippen molar-refractivity contribution in [3.8, 4) is 0 Å². The number of guanidine groups is 1. The minimum absolute atomic E-state index is 0.606. The van der Waals surface area contributed by atoms with Gasteiger partial charge in [0.05, 0.1) is 0 Å². The van der Waals surface area contributed by atoms with E-state index in [9.17, 15) is 0 Å². The van der Waals surface area contributed by atoms with Crippen molar-refractivity contribution in [2.45, 2.75) is 57.9 Å². The van der Waals surface area contributed by atoms with E-state index in [1.807, 2.05) is 0 Å². The summed E-state index contributed by atoms with van der Waals surface area (Å²) in [7, 11) is 2.10. The second-order valence-electron chi connectivity index (χ2n) is 4.61. The standard InChI is InChI=1S/C12H26N4/c1-3-10-14-12(15-13)16(2)11-8-6-4-5-7-9-11/h11H,3-10,13H2,1-2H3,(H,14,15). The zero-order valence-corrected chi connectivity index (χ0v) is 10.7. The van der Waals surface area contributed by atoms with Crippen LogP contribution in [0.5, 0.6) is 0 Å². The van der Waals surface area contributed by atoms with Crippen molar-refractivity contribution >= 4 is 5.96 Å². The van der Waals surface area contributed by atoms with Gasteiger partial charge in [-0.2, -0.15) is 0 Å². The predicted octanol–water partition coefficient (Wildman–Crippen LogP) is 1.87. The lowest BCUT2D eigenvalue weighted by atomic mass is 10.1. The molecule has 0 saturated heterocycles. The van der Waals surface area contributed by atoms with Crippen molar-refractivity contribution in [1.29, 1.82) is 0 Å². The predicted molar refractivity (Wildman–Crippen MR) is 69.2 cm³/mol. The molecule has 0 heterocycles. The van der Waals surface area contributed by atoms with Crippen LogP contribution in [0.3, 0.4) is 0 Å². The van der Waals surface area contributed by atoms with Crippen LogP contribution in [0.1, 0.15) is 51.9 Å². The van der Waals surface area contributed by atoms with E-state index in [-0.39, 0.29) is 0 Å². The summed E-state index contributed by atoms with van der Waals surface area (Å²) in [6.45, 7) is 2.97. The molecule has 0 spiro atoms. The van der Waals surface area contributed by atoms with Gasteiger partial charge in [0.1, 0.15) is 0 Å². The van der Waals surface area contributed by atoms with Gasteiger partial charge in [0.2, 0.25) is 5.96 Å². The number of aliphatic imine (C=N–C) groups is 1. The molecule has 4 heteroatoms. The van der Waals surface area contributed by atoms with Crippen LogP contribution in [0, 0.1) is 0 Å². The molecule has 0 aromatic carbocycles. The highest BCUT2D eigenvalue weighted by atomic mass is 15.4. The average molecular weight is 226 g/mol. The first-order valence-corrected chi connectivity index (χ1v) is 6.53. The molecule has 1 saturated carbocycles. The first-order chi connectivity index (χ1) is 7.79. The van der Waals surface area contributed by atoms with Gasteiger partial charge in [0, 0.05) is 19.6 Å². The van der Waals surface area contributed by atoms with Gasteiger partial charge in [-0.1, -0.05) is 32.6 Å². The summed E-state index contributed by atoms with van der Waals surface area (Å²) in [6, 6.07) is 0.606. The summed E-state index contributed by atoms with van der Waals surface area (Å²) in [4.78, 5) is 6.70. The molecular formula is C12H26N4. The van der Waals surface area contributed by atoms with Gasteiger partial charge >= 0.3 is 0 Å². The van der Waals surface area contributed by atoms with Gasteiger partial charge in [-0.3, -0.25) is 10.4 Å². The normalized spacial score (nSPS) is 19.3. The van der Waals surface area contributed by atoms with Crippen LogP contribution in [0.25, 0.3) is 0 Å². The number of rotatable bonds is 3. The summed E-state index contributed by atoms with van der Waals surface area (Å²) in [5, 5.41) is 0. The first kappa shape index (κ1) is 13.3. The smallest absolute Gasteiger partial charge is 0.208 e. The molecule has 1 aliphatic carbocycles. The minimum atomic E-state index is 0.606. The van der Waals surface area contributed by atoms with Crippen LogP contribution in [0.15, 0.2) is 4.99 Å². The summed E-state index contributed by atoms with van der Waals surface area (Å²) >= 11 is 0. The molecule has 4 nitrogen and oxygen atoms in total. The van der Waals surface area contributed by atoms with Crippen molar-refractivity contribution < 1.29 is 0 Å². The Balaban J connectivity index is 2.54. The van der Waals surface area contributed by atoms with E-state index in [4.69, 9.17) is 5.84 Å². The van der Waals surface area contributed by atoms with Crippen molar-refractivity contribution in [2.75, 3.05) is 13.6 Å². The van der Waals surface area contributed by atoms with Gasteiger partial charge in [0.15, 0.2) is 0 Å². The number of nitrogens with zero attached hydrogens (tertiary/aromatic N) is 2. The molecule has 1 fully saturated rings. The molecule has 1 rings (SSSR count). The zero-order chi connectivity index (χ0) is 11.8. The zero-order valence-electron chi connectivity index (χ0n) is 10.7. The lowest BCUT2D eigenvalue weighted by molar-refractivity contribution is 0.320.